The van der Waals surface area contributed by atoms with E-state index in [2.05, 4.69) is 5.32 Å². The van der Waals surface area contributed by atoms with Gasteiger partial charge in [0.25, 0.3) is 0 Å². The van der Waals surface area contributed by atoms with Crippen molar-refractivity contribution in [1.29, 1.82) is 5.26 Å². The first-order valence-corrected chi connectivity index (χ1v) is 9.38. The second kappa shape index (κ2) is 8.92. The Morgan fingerprint density at radius 1 is 1.07 bits per heavy atom. The molecule has 0 unspecified atom stereocenters. The molecule has 0 aliphatic rings. The van der Waals surface area contributed by atoms with Crippen molar-refractivity contribution >= 4 is 21.5 Å². The van der Waals surface area contributed by atoms with Gasteiger partial charge in [0.15, 0.2) is 16.4 Å². The van der Waals surface area contributed by atoms with Gasteiger partial charge in [-0.2, -0.15) is 5.26 Å². The zero-order valence-electron chi connectivity index (χ0n) is 15.4. The number of nitrogens with one attached hydrogen (secondary N) is 1. The van der Waals surface area contributed by atoms with Crippen LogP contribution in [0.15, 0.2) is 58.5 Å². The van der Waals surface area contributed by atoms with Gasteiger partial charge in [-0.25, -0.2) is 13.2 Å². The molecular formula is C19H18N2O6S. The summed E-state index contributed by atoms with van der Waals surface area (Å²) in [5.74, 6) is -0.0911. The Balaban J connectivity index is 2.51. The zero-order valence-corrected chi connectivity index (χ0v) is 16.2. The number of sulfone groups is 1. The molecule has 0 aliphatic carbocycles. The lowest BCUT2D eigenvalue weighted by Gasteiger charge is -2.14. The lowest BCUT2D eigenvalue weighted by Crippen LogP contribution is -2.09. The summed E-state index contributed by atoms with van der Waals surface area (Å²) < 4.78 is 40.3. The van der Waals surface area contributed by atoms with E-state index < -0.39 is 20.7 Å². The summed E-state index contributed by atoms with van der Waals surface area (Å²) in [7, 11) is 0.00592. The van der Waals surface area contributed by atoms with E-state index in [-0.39, 0.29) is 21.9 Å². The van der Waals surface area contributed by atoms with Crippen LogP contribution in [0.1, 0.15) is 10.4 Å². The van der Waals surface area contributed by atoms with Crippen LogP contribution in [-0.2, 0) is 14.6 Å². The highest BCUT2D eigenvalue weighted by atomic mass is 32.2. The van der Waals surface area contributed by atoms with Gasteiger partial charge in [-0.1, -0.05) is 18.2 Å². The van der Waals surface area contributed by atoms with Crippen LogP contribution in [0.2, 0.25) is 0 Å². The molecule has 0 amide bonds. The van der Waals surface area contributed by atoms with Gasteiger partial charge in [0.1, 0.15) is 6.07 Å². The van der Waals surface area contributed by atoms with Gasteiger partial charge in [0, 0.05) is 18.3 Å². The van der Waals surface area contributed by atoms with E-state index in [1.54, 1.807) is 24.3 Å². The van der Waals surface area contributed by atoms with Crippen LogP contribution >= 0.6 is 0 Å². The van der Waals surface area contributed by atoms with Crippen LogP contribution in [-0.4, -0.2) is 35.7 Å². The molecule has 146 valence electrons. The summed E-state index contributed by atoms with van der Waals surface area (Å²) in [6.07, 6.45) is 1.01. The average molecular weight is 402 g/mol. The van der Waals surface area contributed by atoms with Crippen LogP contribution in [0, 0.1) is 11.3 Å². The van der Waals surface area contributed by atoms with Crippen LogP contribution < -0.4 is 14.8 Å². The number of methoxy groups -OCH3 is 3. The fourth-order valence-electron chi connectivity index (χ4n) is 2.32. The molecule has 8 nitrogen and oxygen atoms in total. The highest BCUT2D eigenvalue weighted by molar-refractivity contribution is 7.95. The maximum absolute atomic E-state index is 12.6. The van der Waals surface area contributed by atoms with E-state index in [0.717, 1.165) is 6.20 Å². The molecule has 9 heteroatoms. The van der Waals surface area contributed by atoms with E-state index in [1.165, 1.54) is 45.6 Å². The van der Waals surface area contributed by atoms with Crippen LogP contribution in [0.4, 0.5) is 5.69 Å². The number of carbonyl (C=O) groups is 1. The SMILES string of the molecule is COC(=O)c1cc(OC)c(OC)cc1NC=C(C#N)S(=O)(=O)c1ccccc1. The van der Waals surface area contributed by atoms with Crippen molar-refractivity contribution in [3.63, 3.8) is 0 Å². The van der Waals surface area contributed by atoms with Crippen LogP contribution in [0.5, 0.6) is 11.5 Å². The van der Waals surface area contributed by atoms with Crippen molar-refractivity contribution < 1.29 is 27.4 Å². The maximum Gasteiger partial charge on any atom is 0.340 e. The molecule has 0 aliphatic heterocycles. The summed E-state index contributed by atoms with van der Waals surface area (Å²) >= 11 is 0. The lowest BCUT2D eigenvalue weighted by molar-refractivity contribution is 0.0601. The third-order valence-electron chi connectivity index (χ3n) is 3.74. The summed E-state index contributed by atoms with van der Waals surface area (Å²) in [4.78, 5) is 11.5. The molecule has 0 atom stereocenters. The van der Waals surface area contributed by atoms with Gasteiger partial charge in [0.05, 0.1) is 37.5 Å². The molecular weight excluding hydrogens is 384 g/mol. The van der Waals surface area contributed by atoms with Crippen LogP contribution in [0.3, 0.4) is 0 Å². The molecule has 0 fully saturated rings. The summed E-state index contributed by atoms with van der Waals surface area (Å²) in [5, 5.41) is 12.0. The maximum atomic E-state index is 12.6. The molecule has 1 N–H and O–H groups in total. The van der Waals surface area contributed by atoms with Gasteiger partial charge in [-0.05, 0) is 12.1 Å². The van der Waals surface area contributed by atoms with Gasteiger partial charge >= 0.3 is 5.97 Å². The standard InChI is InChI=1S/C19H18N2O6S/c1-25-17-9-15(19(22)27-3)16(10-18(17)26-2)21-12-14(11-20)28(23,24)13-7-5-4-6-8-13/h4-10,12,21H,1-3H3. The van der Waals surface area contributed by atoms with E-state index in [0.29, 0.717) is 5.75 Å². The molecule has 0 saturated carbocycles. The number of nitrogens with zero attached hydrogens (tertiary/aromatic N) is 1. The van der Waals surface area contributed by atoms with E-state index in [4.69, 9.17) is 14.2 Å². The monoisotopic (exact) mass is 402 g/mol. The fraction of sp³-hybridized carbons (Fsp3) is 0.158. The number of esters is 1. The van der Waals surface area contributed by atoms with Crippen molar-refractivity contribution in [2.45, 2.75) is 4.90 Å². The number of allylic oxidation sites excluding steroid dienone is 1. The van der Waals surface area contributed by atoms with Crippen molar-refractivity contribution in [2.75, 3.05) is 26.6 Å². The average Bonchev–Trinajstić information content (AvgIpc) is 2.73. The third-order valence-corrected chi connectivity index (χ3v) is 5.42. The Labute approximate surface area is 162 Å². The van der Waals surface area contributed by atoms with Crippen molar-refractivity contribution in [1.82, 2.24) is 0 Å². The summed E-state index contributed by atoms with van der Waals surface area (Å²) in [6, 6.07) is 12.0. The first-order chi connectivity index (χ1) is 13.4. The lowest BCUT2D eigenvalue weighted by atomic mass is 10.1. The number of benzene rings is 2. The second-order valence-electron chi connectivity index (χ2n) is 5.33. The Hall–Kier alpha value is -3.51. The van der Waals surface area contributed by atoms with Gasteiger partial charge in [0.2, 0.25) is 9.84 Å². The Morgan fingerprint density at radius 3 is 2.21 bits per heavy atom. The molecule has 2 rings (SSSR count). The Bertz CT molecular complexity index is 1040. The van der Waals surface area contributed by atoms with Crippen molar-refractivity contribution in [3.05, 3.63) is 59.1 Å². The minimum Gasteiger partial charge on any atom is -0.493 e. The second-order valence-corrected chi connectivity index (χ2v) is 7.24. The topological polar surface area (TPSA) is 115 Å². The Morgan fingerprint density at radius 2 is 1.68 bits per heavy atom. The summed E-state index contributed by atoms with van der Waals surface area (Å²) in [5.41, 5.74) is 0.256. The highest BCUT2D eigenvalue weighted by Crippen LogP contribution is 2.34. The summed E-state index contributed by atoms with van der Waals surface area (Å²) in [6.45, 7) is 0. The molecule has 0 heterocycles. The van der Waals surface area contributed by atoms with Crippen molar-refractivity contribution in [2.24, 2.45) is 0 Å². The van der Waals surface area contributed by atoms with Gasteiger partial charge < -0.3 is 19.5 Å². The first-order valence-electron chi connectivity index (χ1n) is 7.90. The number of nitriles is 1. The number of rotatable bonds is 7. The Kier molecular flexibility index (Phi) is 6.63. The molecule has 0 saturated heterocycles. The van der Waals surface area contributed by atoms with Crippen LogP contribution in [0.25, 0.3) is 0 Å². The number of anilines is 1. The largest absolute Gasteiger partial charge is 0.493 e. The number of ether oxygens (including phenoxy) is 3. The molecule has 0 spiro atoms. The number of carbonyl (C=O) groups excluding carboxylic acids is 1. The minimum atomic E-state index is -4.02. The fourth-order valence-corrected chi connectivity index (χ4v) is 3.42. The molecule has 2 aromatic rings. The first kappa shape index (κ1) is 20.8. The van der Waals surface area contributed by atoms with E-state index >= 15 is 0 Å². The molecule has 28 heavy (non-hydrogen) atoms. The van der Waals surface area contributed by atoms with Gasteiger partial charge in [-0.15, -0.1) is 0 Å². The predicted octanol–water partition coefficient (Wildman–Crippen LogP) is 2.74. The number of hydrogen-bond acceptors (Lipinski definition) is 8. The van der Waals surface area contributed by atoms with Crippen molar-refractivity contribution in [3.8, 4) is 17.6 Å². The molecule has 0 radical (unpaired) electrons. The zero-order chi connectivity index (χ0) is 20.7. The predicted molar refractivity (Wildman–Crippen MR) is 102 cm³/mol. The van der Waals surface area contributed by atoms with E-state index in [9.17, 15) is 18.5 Å². The number of hydrogen-bond donors (Lipinski definition) is 1. The smallest absolute Gasteiger partial charge is 0.340 e. The third kappa shape index (κ3) is 4.24. The molecule has 2 aromatic carbocycles. The molecule has 0 aromatic heterocycles. The minimum absolute atomic E-state index is 0.0231. The normalized spacial score (nSPS) is 11.3. The van der Waals surface area contributed by atoms with Gasteiger partial charge in [-0.3, -0.25) is 0 Å². The highest BCUT2D eigenvalue weighted by Gasteiger charge is 2.22. The van der Waals surface area contributed by atoms with E-state index in [1.807, 2.05) is 0 Å². The quantitative estimate of drug-likeness (QED) is 0.555. The molecule has 0 bridgehead atoms.